The van der Waals surface area contributed by atoms with Crippen LogP contribution in [0.15, 0.2) is 24.3 Å². The molecule has 1 N–H and O–H groups in total. The Morgan fingerprint density at radius 2 is 1.82 bits per heavy atom. The minimum atomic E-state index is -1.32. The Hall–Kier alpha value is -2.19. The Morgan fingerprint density at radius 1 is 1.12 bits per heavy atom. The van der Waals surface area contributed by atoms with Gasteiger partial charge in [-0.25, -0.2) is 0 Å². The van der Waals surface area contributed by atoms with Gasteiger partial charge in [-0.05, 0) is 39.2 Å². The van der Waals surface area contributed by atoms with Crippen LogP contribution in [0.25, 0.3) is 0 Å². The average Bonchev–Trinajstić information content (AvgIpc) is 3.05. The molecule has 0 radical (unpaired) electrons. The third-order valence-electron chi connectivity index (χ3n) is 8.29. The van der Waals surface area contributed by atoms with Crippen molar-refractivity contribution in [1.82, 2.24) is 9.80 Å². The fraction of sp³-hybridized carbons (Fsp3) is 0.731. The molecule has 8 nitrogen and oxygen atoms in total. The Kier molecular flexibility index (Phi) is 6.22. The lowest BCUT2D eigenvalue weighted by Gasteiger charge is -2.44. The van der Waals surface area contributed by atoms with Crippen LogP contribution in [-0.4, -0.2) is 81.3 Å². The fourth-order valence-electron chi connectivity index (χ4n) is 6.31. The third-order valence-corrected chi connectivity index (χ3v) is 8.29. The van der Waals surface area contributed by atoms with Gasteiger partial charge in [0.05, 0.1) is 18.6 Å². The minimum Gasteiger partial charge on any atom is -0.461 e. The summed E-state index contributed by atoms with van der Waals surface area (Å²) in [6.07, 6.45) is 8.50. The number of carbonyl (C=O) groups is 3. The quantitative estimate of drug-likeness (QED) is 0.484. The number of cyclic esters (lactones) is 1. The maximum Gasteiger partial charge on any atom is 0.313 e. The largest absolute Gasteiger partial charge is 0.461 e. The van der Waals surface area contributed by atoms with Crippen molar-refractivity contribution in [3.05, 3.63) is 24.3 Å². The highest BCUT2D eigenvalue weighted by atomic mass is 16.6. The summed E-state index contributed by atoms with van der Waals surface area (Å²) in [5.41, 5.74) is -2.85. The van der Waals surface area contributed by atoms with Crippen molar-refractivity contribution in [3.63, 3.8) is 0 Å². The van der Waals surface area contributed by atoms with Gasteiger partial charge in [-0.3, -0.25) is 14.4 Å². The first-order valence-corrected chi connectivity index (χ1v) is 12.5. The van der Waals surface area contributed by atoms with Gasteiger partial charge < -0.3 is 24.4 Å². The molecule has 0 aliphatic carbocycles. The number of aliphatic hydroxyl groups excluding tert-OH is 1. The number of carbonyl (C=O) groups excluding carboxylic acids is 3. The Bertz CT molecular complexity index is 923. The molecule has 0 aromatic carbocycles. The van der Waals surface area contributed by atoms with Gasteiger partial charge in [0.1, 0.15) is 29.8 Å². The molecule has 1 unspecified atom stereocenters. The van der Waals surface area contributed by atoms with E-state index in [9.17, 15) is 19.5 Å². The summed E-state index contributed by atoms with van der Waals surface area (Å²) in [5.74, 6) is -2.87. The smallest absolute Gasteiger partial charge is 0.313 e. The number of fused-ring (bicyclic) bond motifs is 2. The van der Waals surface area contributed by atoms with Crippen molar-refractivity contribution in [1.29, 1.82) is 0 Å². The van der Waals surface area contributed by atoms with Gasteiger partial charge in [0.15, 0.2) is 0 Å². The number of aliphatic hydroxyl groups is 1. The zero-order valence-electron chi connectivity index (χ0n) is 21.1. The number of amides is 2. The molecule has 4 aliphatic rings. The van der Waals surface area contributed by atoms with Crippen LogP contribution in [-0.2, 0) is 23.9 Å². The zero-order valence-corrected chi connectivity index (χ0v) is 21.1. The summed E-state index contributed by atoms with van der Waals surface area (Å²) in [4.78, 5) is 45.0. The van der Waals surface area contributed by atoms with E-state index in [1.165, 1.54) is 4.90 Å². The van der Waals surface area contributed by atoms with Crippen molar-refractivity contribution in [3.8, 4) is 0 Å². The molecule has 8 heteroatoms. The number of hydrogen-bond acceptors (Lipinski definition) is 6. The zero-order chi connectivity index (χ0) is 25.1. The number of rotatable bonds is 5. The molecule has 4 aliphatic heterocycles. The van der Waals surface area contributed by atoms with E-state index in [1.807, 2.05) is 59.8 Å². The van der Waals surface area contributed by atoms with Crippen LogP contribution >= 0.6 is 0 Å². The lowest BCUT2D eigenvalue weighted by Crippen LogP contribution is -2.62. The maximum atomic E-state index is 14.3. The lowest BCUT2D eigenvalue weighted by molar-refractivity contribution is -0.163. The topological polar surface area (TPSA) is 96.4 Å². The second kappa shape index (κ2) is 8.48. The number of hydrogen-bond donors (Lipinski definition) is 1. The molecule has 1 spiro atoms. The molecule has 188 valence electrons. The molecule has 4 heterocycles. The maximum absolute atomic E-state index is 14.3. The summed E-state index contributed by atoms with van der Waals surface area (Å²) < 4.78 is 12.3. The SMILES string of the molecule is CC[C@H](C)[C@H](CO)N1C(=O)[C@@H]2[C@H]3C(=O)OCC=C[C@@]3(CC)O[C@@]23C=CCN(C(C)(C)C)C(=O)C13. The van der Waals surface area contributed by atoms with Crippen LogP contribution in [0.5, 0.6) is 0 Å². The van der Waals surface area contributed by atoms with Gasteiger partial charge in [-0.2, -0.15) is 0 Å². The Labute approximate surface area is 201 Å². The van der Waals surface area contributed by atoms with E-state index in [1.54, 1.807) is 11.0 Å². The molecule has 2 fully saturated rings. The molecular formula is C26H38N2O6. The number of esters is 1. The van der Waals surface area contributed by atoms with Gasteiger partial charge in [0, 0.05) is 12.1 Å². The summed E-state index contributed by atoms with van der Waals surface area (Å²) in [6, 6.07) is -1.55. The number of likely N-dealkylation sites (tertiary alicyclic amines) is 1. The second-order valence-corrected chi connectivity index (χ2v) is 11.1. The first-order chi connectivity index (χ1) is 16.0. The molecule has 0 bridgehead atoms. The summed E-state index contributed by atoms with van der Waals surface area (Å²) >= 11 is 0. The fourth-order valence-corrected chi connectivity index (χ4v) is 6.31. The van der Waals surface area contributed by atoms with Crippen LogP contribution < -0.4 is 0 Å². The van der Waals surface area contributed by atoms with Crippen molar-refractivity contribution in [2.75, 3.05) is 19.8 Å². The van der Waals surface area contributed by atoms with Gasteiger partial charge in [-0.15, -0.1) is 0 Å². The first-order valence-electron chi connectivity index (χ1n) is 12.5. The van der Waals surface area contributed by atoms with E-state index >= 15 is 0 Å². The van der Waals surface area contributed by atoms with Crippen LogP contribution in [0.2, 0.25) is 0 Å². The highest BCUT2D eigenvalue weighted by Gasteiger charge is 2.76. The normalized spacial score (nSPS) is 37.0. The van der Waals surface area contributed by atoms with Crippen molar-refractivity contribution < 1.29 is 29.0 Å². The summed E-state index contributed by atoms with van der Waals surface area (Å²) in [5, 5.41) is 10.4. The Morgan fingerprint density at radius 3 is 2.41 bits per heavy atom. The van der Waals surface area contributed by atoms with Gasteiger partial charge in [-0.1, -0.05) is 45.4 Å². The second-order valence-electron chi connectivity index (χ2n) is 11.1. The predicted molar refractivity (Wildman–Crippen MR) is 125 cm³/mol. The monoisotopic (exact) mass is 474 g/mol. The van der Waals surface area contributed by atoms with E-state index in [4.69, 9.17) is 9.47 Å². The Balaban J connectivity index is 1.95. The molecule has 34 heavy (non-hydrogen) atoms. The highest BCUT2D eigenvalue weighted by molar-refractivity contribution is 5.99. The highest BCUT2D eigenvalue weighted by Crippen LogP contribution is 2.59. The summed E-state index contributed by atoms with van der Waals surface area (Å²) in [6.45, 7) is 12.0. The van der Waals surface area contributed by atoms with Gasteiger partial charge in [0.25, 0.3) is 0 Å². The lowest BCUT2D eigenvalue weighted by atomic mass is 9.73. The molecule has 4 rings (SSSR count). The number of ether oxygens (including phenoxy) is 2. The van der Waals surface area contributed by atoms with E-state index in [2.05, 4.69) is 0 Å². The van der Waals surface area contributed by atoms with E-state index < -0.39 is 46.6 Å². The van der Waals surface area contributed by atoms with E-state index in [-0.39, 0.29) is 30.9 Å². The third kappa shape index (κ3) is 3.36. The standard InChI is InChI=1S/C26H38N2O6/c1-7-16(3)17(15-29)28-20-22(31)27(24(4,5)6)13-9-12-26(20)18(21(28)30)19-23(32)33-14-10-11-25(19,8-2)34-26/h9-12,16-20,29H,7-8,13-15H2,1-6H3/t16-,17-,18-,19-,20?,25+,26-/m0/s1. The van der Waals surface area contributed by atoms with E-state index in [0.29, 0.717) is 13.0 Å². The first kappa shape index (κ1) is 24.9. The average molecular weight is 475 g/mol. The molecule has 2 amide bonds. The van der Waals surface area contributed by atoms with Crippen molar-refractivity contribution >= 4 is 17.8 Å². The van der Waals surface area contributed by atoms with Gasteiger partial charge >= 0.3 is 5.97 Å². The minimum absolute atomic E-state index is 0.0511. The number of nitrogens with zero attached hydrogens (tertiary/aromatic N) is 2. The predicted octanol–water partition coefficient (Wildman–Crippen LogP) is 2.06. The molecular weight excluding hydrogens is 436 g/mol. The molecule has 0 aromatic rings. The molecule has 7 atom stereocenters. The van der Waals surface area contributed by atoms with Crippen LogP contribution in [0.4, 0.5) is 0 Å². The molecule has 0 aromatic heterocycles. The van der Waals surface area contributed by atoms with E-state index in [0.717, 1.165) is 6.42 Å². The van der Waals surface area contributed by atoms with Crippen LogP contribution in [0, 0.1) is 17.8 Å². The van der Waals surface area contributed by atoms with Crippen molar-refractivity contribution in [2.45, 2.75) is 83.2 Å². The van der Waals surface area contributed by atoms with Crippen LogP contribution in [0.1, 0.15) is 54.4 Å². The molecule has 2 saturated heterocycles. The van der Waals surface area contributed by atoms with Gasteiger partial charge in [0.2, 0.25) is 11.8 Å². The summed E-state index contributed by atoms with van der Waals surface area (Å²) in [7, 11) is 0. The molecule has 0 saturated carbocycles. The van der Waals surface area contributed by atoms with Crippen molar-refractivity contribution in [2.24, 2.45) is 17.8 Å². The van der Waals surface area contributed by atoms with Crippen LogP contribution in [0.3, 0.4) is 0 Å².